The molecule has 2 N–H and O–H groups in total. The van der Waals surface area contributed by atoms with E-state index < -0.39 is 12.1 Å². The number of carbonyl (C=O) groups is 2. The van der Waals surface area contributed by atoms with Crippen molar-refractivity contribution in [2.75, 3.05) is 11.9 Å². The van der Waals surface area contributed by atoms with E-state index in [1.54, 1.807) is 24.3 Å². The maximum Gasteiger partial charge on any atom is 0.303 e. The highest BCUT2D eigenvalue weighted by molar-refractivity contribution is 5.94. The Kier molecular flexibility index (Phi) is 8.41. The Hall–Kier alpha value is -2.08. The molecule has 2 rings (SSSR count). The van der Waals surface area contributed by atoms with Crippen molar-refractivity contribution in [1.29, 1.82) is 0 Å². The standard InChI is InChI=1S/C20H29NO5/c1-2-18(26-17-7-4-3-5-8-17)20(24)21-15-10-12-16(13-11-15)25-14-6-9-19(22)23/h10-13,17-18H,2-9,14H2,1H3,(H,21,24)(H,22,23). The highest BCUT2D eigenvalue weighted by Crippen LogP contribution is 2.23. The lowest BCUT2D eigenvalue weighted by molar-refractivity contribution is -0.137. The summed E-state index contributed by atoms with van der Waals surface area (Å²) in [6.45, 7) is 2.31. The van der Waals surface area contributed by atoms with Crippen LogP contribution in [0.25, 0.3) is 0 Å². The number of benzene rings is 1. The van der Waals surface area contributed by atoms with Crippen LogP contribution in [-0.4, -0.2) is 35.8 Å². The number of aliphatic carboxylic acids is 1. The first kappa shape index (κ1) is 20.2. The highest BCUT2D eigenvalue weighted by Gasteiger charge is 2.23. The van der Waals surface area contributed by atoms with Crippen LogP contribution in [0, 0.1) is 0 Å². The first-order chi connectivity index (χ1) is 12.6. The van der Waals surface area contributed by atoms with Crippen molar-refractivity contribution in [2.45, 2.75) is 70.5 Å². The van der Waals surface area contributed by atoms with Crippen molar-refractivity contribution >= 4 is 17.6 Å². The molecule has 1 aliphatic carbocycles. The molecule has 0 bridgehead atoms. The van der Waals surface area contributed by atoms with Crippen molar-refractivity contribution in [3.63, 3.8) is 0 Å². The van der Waals surface area contributed by atoms with E-state index in [-0.39, 0.29) is 18.4 Å². The zero-order valence-corrected chi connectivity index (χ0v) is 15.4. The number of carboxylic acids is 1. The Morgan fingerprint density at radius 1 is 1.19 bits per heavy atom. The average molecular weight is 363 g/mol. The smallest absolute Gasteiger partial charge is 0.303 e. The second-order valence-corrected chi connectivity index (χ2v) is 6.65. The monoisotopic (exact) mass is 363 g/mol. The lowest BCUT2D eigenvalue weighted by Crippen LogP contribution is -2.34. The molecular formula is C20H29NO5. The quantitative estimate of drug-likeness (QED) is 0.614. The van der Waals surface area contributed by atoms with Crippen LogP contribution in [0.5, 0.6) is 5.75 Å². The molecule has 1 amide bonds. The summed E-state index contributed by atoms with van der Waals surface area (Å²) >= 11 is 0. The molecule has 0 radical (unpaired) electrons. The van der Waals surface area contributed by atoms with Gasteiger partial charge in [0.15, 0.2) is 0 Å². The van der Waals surface area contributed by atoms with Crippen LogP contribution in [0.3, 0.4) is 0 Å². The number of hydrogen-bond donors (Lipinski definition) is 2. The molecular weight excluding hydrogens is 334 g/mol. The van der Waals surface area contributed by atoms with Crippen LogP contribution >= 0.6 is 0 Å². The molecule has 6 nitrogen and oxygen atoms in total. The molecule has 0 aliphatic heterocycles. The first-order valence-corrected chi connectivity index (χ1v) is 9.49. The molecule has 144 valence electrons. The van der Waals surface area contributed by atoms with E-state index in [1.165, 1.54) is 19.3 Å². The van der Waals surface area contributed by atoms with E-state index >= 15 is 0 Å². The molecule has 1 aliphatic rings. The lowest BCUT2D eigenvalue weighted by Gasteiger charge is -2.26. The molecule has 0 saturated heterocycles. The largest absolute Gasteiger partial charge is 0.494 e. The van der Waals surface area contributed by atoms with Gasteiger partial charge in [-0.2, -0.15) is 0 Å². The summed E-state index contributed by atoms with van der Waals surface area (Å²) in [4.78, 5) is 22.9. The van der Waals surface area contributed by atoms with Crippen LogP contribution in [-0.2, 0) is 14.3 Å². The third kappa shape index (κ3) is 7.04. The molecule has 0 spiro atoms. The van der Waals surface area contributed by atoms with Gasteiger partial charge in [-0.15, -0.1) is 0 Å². The minimum atomic E-state index is -0.826. The van der Waals surface area contributed by atoms with E-state index in [4.69, 9.17) is 14.6 Å². The summed E-state index contributed by atoms with van der Waals surface area (Å²) in [5.41, 5.74) is 0.693. The summed E-state index contributed by atoms with van der Waals surface area (Å²) < 4.78 is 11.5. The van der Waals surface area contributed by atoms with Crippen LogP contribution in [0.2, 0.25) is 0 Å². The van der Waals surface area contributed by atoms with Gasteiger partial charge in [0.05, 0.1) is 12.7 Å². The molecule has 1 aromatic rings. The van der Waals surface area contributed by atoms with Crippen LogP contribution < -0.4 is 10.1 Å². The van der Waals surface area contributed by atoms with Crippen molar-refractivity contribution in [3.05, 3.63) is 24.3 Å². The molecule has 6 heteroatoms. The van der Waals surface area contributed by atoms with E-state index in [9.17, 15) is 9.59 Å². The molecule has 1 atom stereocenters. The minimum absolute atomic E-state index is 0.0908. The van der Waals surface area contributed by atoms with Gasteiger partial charge < -0.3 is 19.9 Å². The maximum atomic E-state index is 12.5. The van der Waals surface area contributed by atoms with Crippen LogP contribution in [0.1, 0.15) is 58.3 Å². The van der Waals surface area contributed by atoms with Gasteiger partial charge in [0.2, 0.25) is 0 Å². The van der Waals surface area contributed by atoms with Gasteiger partial charge in [-0.05, 0) is 49.9 Å². The third-order valence-corrected chi connectivity index (χ3v) is 4.50. The molecule has 1 fully saturated rings. The average Bonchev–Trinajstić information content (AvgIpc) is 2.65. The number of ether oxygens (including phenoxy) is 2. The van der Waals surface area contributed by atoms with Crippen molar-refractivity contribution in [3.8, 4) is 5.75 Å². The second-order valence-electron chi connectivity index (χ2n) is 6.65. The van der Waals surface area contributed by atoms with Crippen LogP contribution in [0.4, 0.5) is 5.69 Å². The zero-order chi connectivity index (χ0) is 18.8. The van der Waals surface area contributed by atoms with Gasteiger partial charge in [0.1, 0.15) is 11.9 Å². The Labute approximate surface area is 154 Å². The highest BCUT2D eigenvalue weighted by atomic mass is 16.5. The van der Waals surface area contributed by atoms with Gasteiger partial charge in [-0.3, -0.25) is 9.59 Å². The summed E-state index contributed by atoms with van der Waals surface area (Å²) in [5, 5.41) is 11.5. The third-order valence-electron chi connectivity index (χ3n) is 4.50. The van der Waals surface area contributed by atoms with E-state index in [0.29, 0.717) is 30.9 Å². The predicted molar refractivity (Wildman–Crippen MR) is 99.5 cm³/mol. The summed E-state index contributed by atoms with van der Waals surface area (Å²) in [6.07, 6.45) is 6.66. The van der Waals surface area contributed by atoms with E-state index in [0.717, 1.165) is 12.8 Å². The van der Waals surface area contributed by atoms with Crippen LogP contribution in [0.15, 0.2) is 24.3 Å². The van der Waals surface area contributed by atoms with E-state index in [2.05, 4.69) is 5.32 Å². The van der Waals surface area contributed by atoms with E-state index in [1.807, 2.05) is 6.92 Å². The summed E-state index contributed by atoms with van der Waals surface area (Å²) in [6, 6.07) is 7.08. The zero-order valence-electron chi connectivity index (χ0n) is 15.4. The Bertz CT molecular complexity index is 566. The first-order valence-electron chi connectivity index (χ1n) is 9.49. The molecule has 0 aromatic heterocycles. The molecule has 0 heterocycles. The Morgan fingerprint density at radius 3 is 2.50 bits per heavy atom. The molecule has 1 unspecified atom stereocenters. The Morgan fingerprint density at radius 2 is 1.88 bits per heavy atom. The SMILES string of the molecule is CCC(OC1CCCCC1)C(=O)Nc1ccc(OCCCC(=O)O)cc1. The Balaban J connectivity index is 1.78. The van der Waals surface area contributed by atoms with Gasteiger partial charge in [-0.25, -0.2) is 0 Å². The summed E-state index contributed by atoms with van der Waals surface area (Å²) in [7, 11) is 0. The van der Waals surface area contributed by atoms with Crippen molar-refractivity contribution in [2.24, 2.45) is 0 Å². The topological polar surface area (TPSA) is 84.9 Å². The number of rotatable bonds is 10. The van der Waals surface area contributed by atoms with Crippen molar-refractivity contribution < 1.29 is 24.2 Å². The fourth-order valence-electron chi connectivity index (χ4n) is 3.05. The normalized spacial score (nSPS) is 16.0. The predicted octanol–water partition coefficient (Wildman–Crippen LogP) is 4.00. The molecule has 26 heavy (non-hydrogen) atoms. The number of anilines is 1. The number of hydrogen-bond acceptors (Lipinski definition) is 4. The molecule has 1 saturated carbocycles. The minimum Gasteiger partial charge on any atom is -0.494 e. The van der Waals surface area contributed by atoms with Crippen molar-refractivity contribution in [1.82, 2.24) is 0 Å². The lowest BCUT2D eigenvalue weighted by atomic mass is 9.97. The number of carbonyl (C=O) groups excluding carboxylic acids is 1. The van der Waals surface area contributed by atoms with Gasteiger partial charge in [0.25, 0.3) is 5.91 Å². The fourth-order valence-corrected chi connectivity index (χ4v) is 3.05. The van der Waals surface area contributed by atoms with Gasteiger partial charge in [-0.1, -0.05) is 26.2 Å². The van der Waals surface area contributed by atoms with Gasteiger partial charge in [0, 0.05) is 12.1 Å². The second kappa shape index (κ2) is 10.8. The molecule has 1 aromatic carbocycles. The number of carboxylic acid groups (broad SMARTS) is 1. The fraction of sp³-hybridized carbons (Fsp3) is 0.600. The number of amides is 1. The van der Waals surface area contributed by atoms with Gasteiger partial charge >= 0.3 is 5.97 Å². The summed E-state index contributed by atoms with van der Waals surface area (Å²) in [5.74, 6) is -0.292. The maximum absolute atomic E-state index is 12.5. The number of nitrogens with one attached hydrogen (secondary N) is 1.